The highest BCUT2D eigenvalue weighted by Crippen LogP contribution is 2.12. The molecule has 0 aliphatic carbocycles. The van der Waals surface area contributed by atoms with E-state index in [1.165, 1.54) is 5.57 Å². The average molecular weight is 193 g/mol. The van der Waals surface area contributed by atoms with E-state index >= 15 is 0 Å². The first-order valence-corrected chi connectivity index (χ1v) is 5.13. The lowest BCUT2D eigenvalue weighted by atomic mass is 10.1. The van der Waals surface area contributed by atoms with Gasteiger partial charge in [-0.25, -0.2) is 0 Å². The number of nitrogens with one attached hydrogen (secondary N) is 1. The predicted molar refractivity (Wildman–Crippen MR) is 55.5 cm³/mol. The van der Waals surface area contributed by atoms with Gasteiger partial charge in [0.05, 0.1) is 19.4 Å². The van der Waals surface area contributed by atoms with Gasteiger partial charge in [0.15, 0.2) is 0 Å². The Morgan fingerprint density at radius 1 is 1.43 bits per heavy atom. The molecular formula is C11H17N2O. The van der Waals surface area contributed by atoms with Crippen LogP contribution in [0, 0.1) is 6.08 Å². The van der Waals surface area contributed by atoms with Crippen LogP contribution >= 0.6 is 0 Å². The fraction of sp³-hybridized carbons (Fsp3) is 0.636. The molecule has 0 aromatic carbocycles. The van der Waals surface area contributed by atoms with Crippen LogP contribution < -0.4 is 5.32 Å². The van der Waals surface area contributed by atoms with Gasteiger partial charge in [0.1, 0.15) is 0 Å². The molecule has 0 spiro atoms. The molecular weight excluding hydrogens is 176 g/mol. The molecule has 1 unspecified atom stereocenters. The number of morpholine rings is 1. The lowest BCUT2D eigenvalue weighted by Crippen LogP contribution is -2.50. The first-order chi connectivity index (χ1) is 6.75. The van der Waals surface area contributed by atoms with Crippen molar-refractivity contribution in [3.8, 4) is 0 Å². The zero-order valence-corrected chi connectivity index (χ0v) is 8.84. The number of rotatable bonds is 1. The second-order valence-corrected chi connectivity index (χ2v) is 3.84. The van der Waals surface area contributed by atoms with Crippen molar-refractivity contribution < 1.29 is 4.74 Å². The van der Waals surface area contributed by atoms with Gasteiger partial charge in [0.2, 0.25) is 0 Å². The molecule has 0 aromatic rings. The van der Waals surface area contributed by atoms with Crippen LogP contribution in [0.5, 0.6) is 0 Å². The lowest BCUT2D eigenvalue weighted by Gasteiger charge is -2.35. The SMILES string of the molecule is CC1=[C]C(C)=CC(N2CCOCC2)N1. The first-order valence-electron chi connectivity index (χ1n) is 5.13. The quantitative estimate of drug-likeness (QED) is 0.669. The molecule has 0 amide bonds. The van der Waals surface area contributed by atoms with Gasteiger partial charge in [-0.15, -0.1) is 0 Å². The standard InChI is InChI=1S/C11H17N2O/c1-9-7-10(2)12-11(8-9)13-3-5-14-6-4-13/h8,11-12H,3-6H2,1-2H3. The molecule has 2 aliphatic heterocycles. The van der Waals surface area contributed by atoms with Crippen molar-refractivity contribution in [2.45, 2.75) is 20.0 Å². The van der Waals surface area contributed by atoms with E-state index in [-0.39, 0.29) is 0 Å². The van der Waals surface area contributed by atoms with Gasteiger partial charge in [-0.1, -0.05) is 0 Å². The van der Waals surface area contributed by atoms with Gasteiger partial charge in [-0.05, 0) is 25.5 Å². The van der Waals surface area contributed by atoms with E-state index < -0.39 is 0 Å². The fourth-order valence-electron chi connectivity index (χ4n) is 1.93. The predicted octanol–water partition coefficient (Wildman–Crippen LogP) is 0.901. The lowest BCUT2D eigenvalue weighted by molar-refractivity contribution is 0.0208. The highest BCUT2D eigenvalue weighted by molar-refractivity contribution is 5.21. The highest BCUT2D eigenvalue weighted by Gasteiger charge is 2.20. The van der Waals surface area contributed by atoms with Gasteiger partial charge in [0, 0.05) is 24.9 Å². The van der Waals surface area contributed by atoms with E-state index in [2.05, 4.69) is 36.2 Å². The molecule has 2 rings (SSSR count). The minimum atomic E-state index is 0.333. The van der Waals surface area contributed by atoms with Crippen LogP contribution in [0.3, 0.4) is 0 Å². The Hall–Kier alpha value is -0.800. The maximum atomic E-state index is 5.33. The summed E-state index contributed by atoms with van der Waals surface area (Å²) in [7, 11) is 0. The molecule has 1 fully saturated rings. The van der Waals surface area contributed by atoms with Gasteiger partial charge in [-0.2, -0.15) is 0 Å². The third-order valence-electron chi connectivity index (χ3n) is 2.60. The molecule has 0 saturated carbocycles. The largest absolute Gasteiger partial charge is 0.379 e. The van der Waals surface area contributed by atoms with Crippen molar-refractivity contribution in [1.82, 2.24) is 10.2 Å². The summed E-state index contributed by atoms with van der Waals surface area (Å²) in [5, 5.41) is 3.42. The number of ether oxygens (including phenoxy) is 1. The maximum Gasteiger partial charge on any atom is 0.0991 e. The molecule has 1 atom stereocenters. The van der Waals surface area contributed by atoms with Crippen LogP contribution in [0.1, 0.15) is 13.8 Å². The Kier molecular flexibility index (Phi) is 2.89. The molecule has 2 aliphatic rings. The van der Waals surface area contributed by atoms with Crippen molar-refractivity contribution in [3.05, 3.63) is 23.4 Å². The summed E-state index contributed by atoms with van der Waals surface area (Å²) >= 11 is 0. The summed E-state index contributed by atoms with van der Waals surface area (Å²) < 4.78 is 5.33. The molecule has 0 aromatic heterocycles. The summed E-state index contributed by atoms with van der Waals surface area (Å²) in [6.45, 7) is 7.86. The normalized spacial score (nSPS) is 29.1. The highest BCUT2D eigenvalue weighted by atomic mass is 16.5. The van der Waals surface area contributed by atoms with Crippen LogP contribution in [-0.4, -0.2) is 37.4 Å². The van der Waals surface area contributed by atoms with E-state index in [4.69, 9.17) is 4.74 Å². The first kappa shape index (κ1) is 9.74. The Morgan fingerprint density at radius 3 is 2.79 bits per heavy atom. The zero-order chi connectivity index (χ0) is 9.97. The molecule has 0 bridgehead atoms. The number of hydrogen-bond acceptors (Lipinski definition) is 3. The minimum Gasteiger partial charge on any atom is -0.379 e. The summed E-state index contributed by atoms with van der Waals surface area (Å²) in [5.41, 5.74) is 2.35. The second-order valence-electron chi connectivity index (χ2n) is 3.84. The van der Waals surface area contributed by atoms with Gasteiger partial charge in [-0.3, -0.25) is 4.90 Å². The van der Waals surface area contributed by atoms with Crippen molar-refractivity contribution in [1.29, 1.82) is 0 Å². The number of hydrogen-bond donors (Lipinski definition) is 1. The molecule has 2 heterocycles. The zero-order valence-electron chi connectivity index (χ0n) is 8.84. The Morgan fingerprint density at radius 2 is 2.14 bits per heavy atom. The summed E-state index contributed by atoms with van der Waals surface area (Å²) in [5.74, 6) is 0. The van der Waals surface area contributed by atoms with Crippen molar-refractivity contribution >= 4 is 0 Å². The van der Waals surface area contributed by atoms with Crippen LogP contribution in [0.4, 0.5) is 0 Å². The van der Waals surface area contributed by atoms with Gasteiger partial charge >= 0.3 is 0 Å². The second kappa shape index (κ2) is 4.15. The van der Waals surface area contributed by atoms with Crippen molar-refractivity contribution in [3.63, 3.8) is 0 Å². The van der Waals surface area contributed by atoms with E-state index in [1.54, 1.807) is 0 Å². The Labute approximate surface area is 85.4 Å². The molecule has 77 valence electrons. The van der Waals surface area contributed by atoms with Crippen LogP contribution in [0.15, 0.2) is 17.3 Å². The van der Waals surface area contributed by atoms with Crippen molar-refractivity contribution in [2.24, 2.45) is 0 Å². The van der Waals surface area contributed by atoms with Gasteiger partial charge < -0.3 is 10.1 Å². The fourth-order valence-corrected chi connectivity index (χ4v) is 1.93. The van der Waals surface area contributed by atoms with E-state index in [1.807, 2.05) is 0 Å². The third kappa shape index (κ3) is 2.16. The molecule has 1 radical (unpaired) electrons. The average Bonchev–Trinajstić information content (AvgIpc) is 2.18. The molecule has 14 heavy (non-hydrogen) atoms. The summed E-state index contributed by atoms with van der Waals surface area (Å²) in [4.78, 5) is 2.40. The Bertz CT molecular complexity index is 264. The van der Waals surface area contributed by atoms with E-state index in [9.17, 15) is 0 Å². The summed E-state index contributed by atoms with van der Waals surface area (Å²) in [6, 6.07) is 0. The minimum absolute atomic E-state index is 0.333. The number of allylic oxidation sites excluding steroid dienone is 3. The van der Waals surface area contributed by atoms with E-state index in [0.717, 1.165) is 32.0 Å². The number of dihydropyridines is 1. The molecule has 1 N–H and O–H groups in total. The molecule has 3 nitrogen and oxygen atoms in total. The van der Waals surface area contributed by atoms with Crippen LogP contribution in [-0.2, 0) is 4.74 Å². The Balaban J connectivity index is 2.01. The van der Waals surface area contributed by atoms with Crippen LogP contribution in [0.2, 0.25) is 0 Å². The third-order valence-corrected chi connectivity index (χ3v) is 2.60. The van der Waals surface area contributed by atoms with Gasteiger partial charge in [0.25, 0.3) is 0 Å². The molecule has 3 heteroatoms. The van der Waals surface area contributed by atoms with E-state index in [0.29, 0.717) is 6.17 Å². The topological polar surface area (TPSA) is 24.5 Å². The number of nitrogens with zero attached hydrogens (tertiary/aromatic N) is 1. The van der Waals surface area contributed by atoms with Crippen LogP contribution in [0.25, 0.3) is 0 Å². The molecule has 1 saturated heterocycles. The summed E-state index contributed by atoms with van der Waals surface area (Å²) in [6.07, 6.45) is 5.81. The van der Waals surface area contributed by atoms with Crippen molar-refractivity contribution in [2.75, 3.05) is 26.3 Å². The monoisotopic (exact) mass is 193 g/mol. The maximum absolute atomic E-state index is 5.33. The smallest absolute Gasteiger partial charge is 0.0991 e.